The van der Waals surface area contributed by atoms with E-state index in [1.54, 1.807) is 65.6 Å². The van der Waals surface area contributed by atoms with Crippen molar-refractivity contribution in [1.29, 1.82) is 0 Å². The molecule has 2 N–H and O–H groups in total. The Morgan fingerprint density at radius 2 is 1.78 bits per heavy atom. The van der Waals surface area contributed by atoms with Crippen LogP contribution in [0.2, 0.25) is 5.02 Å². The third-order valence-electron chi connectivity index (χ3n) is 6.06. The number of phenols is 1. The Kier molecular flexibility index (Phi) is 7.85. The van der Waals surface area contributed by atoms with E-state index in [0.29, 0.717) is 33.9 Å². The molecule has 1 heterocycles. The molecule has 2 unspecified atom stereocenters. The molecule has 1 aliphatic heterocycles. The summed E-state index contributed by atoms with van der Waals surface area (Å²) in [6.45, 7) is 6.39. The fourth-order valence-corrected chi connectivity index (χ4v) is 4.55. The summed E-state index contributed by atoms with van der Waals surface area (Å²) in [7, 11) is 0. The summed E-state index contributed by atoms with van der Waals surface area (Å²) in [6, 6.07) is 18.1. The molecule has 0 aliphatic carbocycles. The number of ether oxygens (including phenoxy) is 1. The highest BCUT2D eigenvalue weighted by Crippen LogP contribution is 2.43. The van der Waals surface area contributed by atoms with Crippen LogP contribution in [0.15, 0.2) is 66.7 Å². The molecule has 3 aromatic rings. The van der Waals surface area contributed by atoms with Gasteiger partial charge >= 0.3 is 0 Å². The minimum Gasteiger partial charge on any atom is -0.508 e. The molecule has 8 heteroatoms. The summed E-state index contributed by atoms with van der Waals surface area (Å²) in [4.78, 5) is 28.4. The fourth-order valence-electron chi connectivity index (χ4n) is 4.37. The molecular formula is C29H30ClFN2O4. The van der Waals surface area contributed by atoms with Gasteiger partial charge in [0, 0.05) is 40.5 Å². The molecule has 4 rings (SSSR count). The van der Waals surface area contributed by atoms with Crippen molar-refractivity contribution in [2.24, 2.45) is 5.41 Å². The number of benzene rings is 3. The van der Waals surface area contributed by atoms with Gasteiger partial charge in [-0.3, -0.25) is 9.59 Å². The van der Waals surface area contributed by atoms with E-state index in [4.69, 9.17) is 16.3 Å². The largest absolute Gasteiger partial charge is 0.508 e. The number of halogens is 2. The molecule has 37 heavy (non-hydrogen) atoms. The lowest BCUT2D eigenvalue weighted by Gasteiger charge is -2.31. The zero-order valence-electron chi connectivity index (χ0n) is 21.0. The van der Waals surface area contributed by atoms with Gasteiger partial charge in [0.1, 0.15) is 23.8 Å². The van der Waals surface area contributed by atoms with E-state index in [9.17, 15) is 19.1 Å². The number of phenolic OH excluding ortho intramolecular Hbond substituents is 1. The maximum Gasteiger partial charge on any atom is 0.256 e. The van der Waals surface area contributed by atoms with Gasteiger partial charge in [0.05, 0.1) is 6.42 Å². The number of hydrogen-bond acceptors (Lipinski definition) is 4. The van der Waals surface area contributed by atoms with E-state index in [0.717, 1.165) is 0 Å². The van der Waals surface area contributed by atoms with Crippen molar-refractivity contribution >= 4 is 29.1 Å². The zero-order valence-corrected chi connectivity index (χ0v) is 21.8. The second-order valence-electron chi connectivity index (χ2n) is 10.3. The Balaban J connectivity index is 1.70. The molecule has 194 valence electrons. The molecule has 6 nitrogen and oxygen atoms in total. The highest BCUT2D eigenvalue weighted by molar-refractivity contribution is 6.30. The molecule has 2 amide bonds. The molecule has 0 radical (unpaired) electrons. The second-order valence-corrected chi connectivity index (χ2v) is 10.8. The summed E-state index contributed by atoms with van der Waals surface area (Å²) in [6.07, 6.45) is -2.29. The molecule has 1 aliphatic rings. The summed E-state index contributed by atoms with van der Waals surface area (Å²) < 4.78 is 20.3. The van der Waals surface area contributed by atoms with E-state index in [1.807, 2.05) is 20.8 Å². The van der Waals surface area contributed by atoms with Crippen LogP contribution in [0.3, 0.4) is 0 Å². The number of para-hydroxylation sites is 1. The highest BCUT2D eigenvalue weighted by Gasteiger charge is 2.39. The molecule has 0 saturated carbocycles. The lowest BCUT2D eigenvalue weighted by molar-refractivity contribution is -0.138. The van der Waals surface area contributed by atoms with Crippen molar-refractivity contribution in [2.45, 2.75) is 45.9 Å². The maximum atomic E-state index is 14.0. The fraction of sp³-hybridized carbons (Fsp3) is 0.310. The minimum absolute atomic E-state index is 0.00194. The first-order chi connectivity index (χ1) is 17.5. The number of hydrogen-bond donors (Lipinski definition) is 2. The molecule has 0 bridgehead atoms. The molecule has 0 fully saturated rings. The number of nitrogens with one attached hydrogen (secondary N) is 1. The number of rotatable bonds is 6. The van der Waals surface area contributed by atoms with E-state index in [2.05, 4.69) is 5.32 Å². The van der Waals surface area contributed by atoms with Crippen molar-refractivity contribution in [1.82, 2.24) is 5.32 Å². The molecule has 0 spiro atoms. The Bertz CT molecular complexity index is 1310. The SMILES string of the molecule is CC(C)(C)CN1C(=O)C(CC(=O)NCc2ccccc2F)OC(c2ccccc2O)c2cc(Cl)ccc21. The lowest BCUT2D eigenvalue weighted by Crippen LogP contribution is -2.45. The second kappa shape index (κ2) is 10.9. The number of amides is 2. The van der Waals surface area contributed by atoms with Crippen molar-refractivity contribution in [3.63, 3.8) is 0 Å². The summed E-state index contributed by atoms with van der Waals surface area (Å²) in [5, 5.41) is 13.8. The van der Waals surface area contributed by atoms with Crippen LogP contribution in [-0.4, -0.2) is 29.6 Å². The first-order valence-electron chi connectivity index (χ1n) is 12.1. The van der Waals surface area contributed by atoms with Crippen molar-refractivity contribution in [3.8, 4) is 5.75 Å². The predicted octanol–water partition coefficient (Wildman–Crippen LogP) is 5.76. The van der Waals surface area contributed by atoms with E-state index >= 15 is 0 Å². The van der Waals surface area contributed by atoms with Crippen LogP contribution in [0.25, 0.3) is 0 Å². The number of aromatic hydroxyl groups is 1. The third kappa shape index (κ3) is 6.29. The third-order valence-corrected chi connectivity index (χ3v) is 6.30. The summed E-state index contributed by atoms with van der Waals surface area (Å²) in [5.41, 5.74) is 1.74. The highest BCUT2D eigenvalue weighted by atomic mass is 35.5. The molecule has 0 saturated heterocycles. The normalized spacial score (nSPS) is 17.8. The van der Waals surface area contributed by atoms with Crippen molar-refractivity contribution < 1.29 is 23.8 Å². The summed E-state index contributed by atoms with van der Waals surface area (Å²) in [5.74, 6) is -1.26. The molecule has 0 aromatic heterocycles. The van der Waals surface area contributed by atoms with Gasteiger partial charge in [-0.15, -0.1) is 0 Å². The number of nitrogens with zero attached hydrogens (tertiary/aromatic N) is 1. The monoisotopic (exact) mass is 524 g/mol. The van der Waals surface area contributed by atoms with Gasteiger partial charge in [-0.1, -0.05) is 68.8 Å². The number of carbonyl (C=O) groups excluding carboxylic acids is 2. The van der Waals surface area contributed by atoms with Crippen LogP contribution < -0.4 is 10.2 Å². The number of carbonyl (C=O) groups is 2. The molecular weight excluding hydrogens is 495 g/mol. The summed E-state index contributed by atoms with van der Waals surface area (Å²) >= 11 is 6.36. The van der Waals surface area contributed by atoms with Crippen LogP contribution in [-0.2, 0) is 20.9 Å². The molecule has 3 aromatic carbocycles. The van der Waals surface area contributed by atoms with Gasteiger partial charge < -0.3 is 20.1 Å². The van der Waals surface area contributed by atoms with Crippen LogP contribution in [0.4, 0.5) is 10.1 Å². The van der Waals surface area contributed by atoms with Gasteiger partial charge in [0.15, 0.2) is 0 Å². The Hall–Kier alpha value is -3.42. The number of fused-ring (bicyclic) bond motifs is 1. The van der Waals surface area contributed by atoms with Crippen molar-refractivity contribution in [3.05, 3.63) is 94.3 Å². The van der Waals surface area contributed by atoms with Gasteiger partial charge in [-0.25, -0.2) is 4.39 Å². The smallest absolute Gasteiger partial charge is 0.256 e. The maximum absolute atomic E-state index is 14.0. The van der Waals surface area contributed by atoms with Gasteiger partial charge in [0.25, 0.3) is 5.91 Å². The van der Waals surface area contributed by atoms with Crippen molar-refractivity contribution in [2.75, 3.05) is 11.4 Å². The molecule has 2 atom stereocenters. The Morgan fingerprint density at radius 1 is 1.08 bits per heavy atom. The first kappa shape index (κ1) is 26.6. The van der Waals surface area contributed by atoms with Crippen LogP contribution in [0.5, 0.6) is 5.75 Å². The predicted molar refractivity (Wildman–Crippen MR) is 141 cm³/mol. The zero-order chi connectivity index (χ0) is 26.7. The van der Waals surface area contributed by atoms with E-state index < -0.39 is 23.9 Å². The standard InChI is InChI=1S/C29H30ClFN2O4/c1-29(2,3)17-33-23-13-12-19(30)14-21(23)27(20-9-5-7-11-24(20)34)37-25(28(33)36)15-26(35)32-16-18-8-4-6-10-22(18)31/h4-14,25,27,34H,15-17H2,1-3H3,(H,32,35). The lowest BCUT2D eigenvalue weighted by atomic mass is 9.94. The number of anilines is 1. The average molecular weight is 525 g/mol. The minimum atomic E-state index is -1.15. The van der Waals surface area contributed by atoms with Gasteiger partial charge in [0.2, 0.25) is 5.91 Å². The quantitative estimate of drug-likeness (QED) is 0.430. The van der Waals surface area contributed by atoms with E-state index in [1.165, 1.54) is 6.07 Å². The van der Waals surface area contributed by atoms with Gasteiger partial charge in [-0.2, -0.15) is 0 Å². The Morgan fingerprint density at radius 3 is 2.49 bits per heavy atom. The van der Waals surface area contributed by atoms with E-state index in [-0.39, 0.29) is 30.0 Å². The van der Waals surface area contributed by atoms with Gasteiger partial charge in [-0.05, 0) is 35.7 Å². The first-order valence-corrected chi connectivity index (χ1v) is 12.5. The average Bonchev–Trinajstić information content (AvgIpc) is 2.93. The Labute approximate surface area is 221 Å². The van der Waals surface area contributed by atoms with Crippen LogP contribution in [0.1, 0.15) is 50.0 Å². The van der Waals surface area contributed by atoms with Crippen LogP contribution >= 0.6 is 11.6 Å². The topological polar surface area (TPSA) is 78.9 Å². The van der Waals surface area contributed by atoms with Crippen LogP contribution in [0, 0.1) is 11.2 Å².